The van der Waals surface area contributed by atoms with Crippen LogP contribution in [0.25, 0.3) is 0 Å². The highest BCUT2D eigenvalue weighted by Gasteiger charge is 2.21. The first-order valence-corrected chi connectivity index (χ1v) is 13.3. The number of hydrogen-bond acceptors (Lipinski definition) is 6. The van der Waals surface area contributed by atoms with Crippen LogP contribution in [0.1, 0.15) is 84.3 Å². The van der Waals surface area contributed by atoms with Crippen LogP contribution in [-0.2, 0) is 27.7 Å². The number of aryl methyl sites for hydroxylation is 1. The number of nitrogens with one attached hydrogen (secondary N) is 2. The van der Waals surface area contributed by atoms with Gasteiger partial charge in [0.15, 0.2) is 5.69 Å². The summed E-state index contributed by atoms with van der Waals surface area (Å²) in [6.07, 6.45) is 6.89. The Balaban J connectivity index is 2.04. The second-order valence-electron chi connectivity index (χ2n) is 8.28. The fourth-order valence-corrected chi connectivity index (χ4v) is 4.40. The molecule has 2 amide bonds. The molecular weight excluding hydrogens is 470 g/mol. The maximum absolute atomic E-state index is 12.7. The third kappa shape index (κ3) is 8.79. The zero-order valence-corrected chi connectivity index (χ0v) is 21.0. The van der Waals surface area contributed by atoms with E-state index in [0.717, 1.165) is 43.9 Å². The standard InChI is InChI=1S/C25H33N3O6S/c1-3-5-7-8-19-16-20(17-27-23(19)25(31)32)24(30)28-35(33,34)21-12-10-18(11-13-21)14-15-26-22(29)9-6-4-2/h10-13,16-17H,3-9,14-15H2,1-2H3,(H,26,29)(H,28,30)(H,31,32). The van der Waals surface area contributed by atoms with Gasteiger partial charge in [0.25, 0.3) is 15.9 Å². The molecular formula is C25H33N3O6S. The van der Waals surface area contributed by atoms with Gasteiger partial charge in [0.1, 0.15) is 0 Å². The summed E-state index contributed by atoms with van der Waals surface area (Å²) >= 11 is 0. The first kappa shape index (κ1) is 28.0. The lowest BCUT2D eigenvalue weighted by atomic mass is 10.0. The lowest BCUT2D eigenvalue weighted by Crippen LogP contribution is -2.31. The highest BCUT2D eigenvalue weighted by molar-refractivity contribution is 7.90. The van der Waals surface area contributed by atoms with Crippen molar-refractivity contribution in [1.29, 1.82) is 0 Å². The van der Waals surface area contributed by atoms with Crippen LogP contribution in [0.2, 0.25) is 0 Å². The molecule has 1 aromatic heterocycles. The number of unbranched alkanes of at least 4 members (excludes halogenated alkanes) is 3. The van der Waals surface area contributed by atoms with Crippen LogP contribution in [0.15, 0.2) is 41.4 Å². The number of amides is 2. The van der Waals surface area contributed by atoms with E-state index in [1.807, 2.05) is 18.6 Å². The van der Waals surface area contributed by atoms with Crippen molar-refractivity contribution < 1.29 is 27.9 Å². The molecule has 1 aromatic carbocycles. The van der Waals surface area contributed by atoms with Gasteiger partial charge >= 0.3 is 5.97 Å². The molecule has 3 N–H and O–H groups in total. The van der Waals surface area contributed by atoms with Gasteiger partial charge < -0.3 is 10.4 Å². The Bertz CT molecular complexity index is 1130. The molecule has 0 radical (unpaired) electrons. The molecule has 0 saturated heterocycles. The van der Waals surface area contributed by atoms with Gasteiger partial charge in [-0.15, -0.1) is 0 Å². The third-order valence-electron chi connectivity index (χ3n) is 5.44. The van der Waals surface area contributed by atoms with Gasteiger partial charge in [-0.3, -0.25) is 9.59 Å². The second kappa shape index (κ2) is 13.6. The second-order valence-corrected chi connectivity index (χ2v) is 9.96. The molecule has 190 valence electrons. The number of hydrogen-bond donors (Lipinski definition) is 3. The molecule has 0 atom stereocenters. The summed E-state index contributed by atoms with van der Waals surface area (Å²) in [4.78, 5) is 39.5. The van der Waals surface area contributed by atoms with Crippen molar-refractivity contribution in [3.05, 3.63) is 58.9 Å². The molecule has 0 saturated carbocycles. The summed E-state index contributed by atoms with van der Waals surface area (Å²) in [6.45, 7) is 4.48. The molecule has 9 nitrogen and oxygen atoms in total. The van der Waals surface area contributed by atoms with Gasteiger partial charge in [-0.1, -0.05) is 45.2 Å². The summed E-state index contributed by atoms with van der Waals surface area (Å²) in [7, 11) is -4.14. The zero-order valence-electron chi connectivity index (χ0n) is 20.2. The molecule has 0 bridgehead atoms. The number of carbonyl (C=O) groups is 3. The SMILES string of the molecule is CCCCCc1cc(C(=O)NS(=O)(=O)c2ccc(CCNC(=O)CCCC)cc2)cnc1C(=O)O. The number of carbonyl (C=O) groups excluding carboxylic acids is 2. The van der Waals surface area contributed by atoms with Crippen molar-refractivity contribution in [2.75, 3.05) is 6.54 Å². The number of rotatable bonds is 14. The van der Waals surface area contributed by atoms with E-state index in [1.165, 1.54) is 18.2 Å². The van der Waals surface area contributed by atoms with Gasteiger partial charge in [-0.2, -0.15) is 0 Å². The predicted molar refractivity (Wildman–Crippen MR) is 132 cm³/mol. The molecule has 0 spiro atoms. The van der Waals surface area contributed by atoms with Crippen LogP contribution in [0.3, 0.4) is 0 Å². The molecule has 2 rings (SSSR count). The van der Waals surface area contributed by atoms with E-state index < -0.39 is 21.9 Å². The summed E-state index contributed by atoms with van der Waals surface area (Å²) < 4.78 is 27.4. The Morgan fingerprint density at radius 2 is 1.66 bits per heavy atom. The highest BCUT2D eigenvalue weighted by Crippen LogP contribution is 2.16. The normalized spacial score (nSPS) is 11.1. The predicted octanol–water partition coefficient (Wildman–Crippen LogP) is 3.48. The summed E-state index contributed by atoms with van der Waals surface area (Å²) in [5, 5.41) is 12.2. The number of aromatic nitrogens is 1. The monoisotopic (exact) mass is 503 g/mol. The number of pyridine rings is 1. The Hall–Kier alpha value is -3.27. The molecule has 0 fully saturated rings. The van der Waals surface area contributed by atoms with Crippen LogP contribution in [0.4, 0.5) is 0 Å². The fraction of sp³-hybridized carbons (Fsp3) is 0.440. The highest BCUT2D eigenvalue weighted by atomic mass is 32.2. The van der Waals surface area contributed by atoms with Gasteiger partial charge in [0.2, 0.25) is 5.91 Å². The van der Waals surface area contributed by atoms with Crippen molar-refractivity contribution in [3.8, 4) is 0 Å². The Morgan fingerprint density at radius 1 is 0.971 bits per heavy atom. The molecule has 2 aromatic rings. The van der Waals surface area contributed by atoms with Gasteiger partial charge in [-0.05, 0) is 55.0 Å². The lowest BCUT2D eigenvalue weighted by molar-refractivity contribution is -0.121. The van der Waals surface area contributed by atoms with Gasteiger partial charge in [0.05, 0.1) is 10.5 Å². The minimum atomic E-state index is -4.14. The topological polar surface area (TPSA) is 143 Å². The average molecular weight is 504 g/mol. The van der Waals surface area contributed by atoms with E-state index in [-0.39, 0.29) is 22.1 Å². The number of aromatic carboxylic acids is 1. The van der Waals surface area contributed by atoms with E-state index in [9.17, 15) is 27.9 Å². The van der Waals surface area contributed by atoms with Crippen molar-refractivity contribution >= 4 is 27.8 Å². The van der Waals surface area contributed by atoms with Crippen LogP contribution in [0.5, 0.6) is 0 Å². The van der Waals surface area contributed by atoms with E-state index in [1.54, 1.807) is 12.1 Å². The van der Waals surface area contributed by atoms with E-state index in [4.69, 9.17) is 0 Å². The molecule has 35 heavy (non-hydrogen) atoms. The van der Waals surface area contributed by atoms with Crippen molar-refractivity contribution in [2.45, 2.75) is 70.1 Å². The van der Waals surface area contributed by atoms with Gasteiger partial charge in [0, 0.05) is 19.2 Å². The van der Waals surface area contributed by atoms with Crippen LogP contribution < -0.4 is 10.0 Å². The molecule has 0 unspecified atom stereocenters. The van der Waals surface area contributed by atoms with E-state index >= 15 is 0 Å². The van der Waals surface area contributed by atoms with Crippen molar-refractivity contribution in [3.63, 3.8) is 0 Å². The quantitative estimate of drug-likeness (QED) is 0.335. The number of sulfonamides is 1. The molecule has 0 aliphatic carbocycles. The lowest BCUT2D eigenvalue weighted by Gasteiger charge is -2.10. The van der Waals surface area contributed by atoms with Gasteiger partial charge in [-0.25, -0.2) is 22.9 Å². The number of nitrogens with zero attached hydrogens (tertiary/aromatic N) is 1. The summed E-state index contributed by atoms with van der Waals surface area (Å²) in [6, 6.07) is 7.44. The fourth-order valence-electron chi connectivity index (χ4n) is 3.43. The smallest absolute Gasteiger partial charge is 0.354 e. The average Bonchev–Trinajstić information content (AvgIpc) is 2.82. The Kier molecular flexibility index (Phi) is 10.8. The zero-order chi connectivity index (χ0) is 25.8. The Labute approximate surface area is 206 Å². The maximum Gasteiger partial charge on any atom is 0.354 e. The Morgan fingerprint density at radius 3 is 2.29 bits per heavy atom. The van der Waals surface area contributed by atoms with E-state index in [0.29, 0.717) is 31.4 Å². The van der Waals surface area contributed by atoms with Crippen molar-refractivity contribution in [1.82, 2.24) is 15.0 Å². The number of benzene rings is 1. The molecule has 10 heteroatoms. The minimum Gasteiger partial charge on any atom is -0.477 e. The molecule has 0 aliphatic rings. The molecule has 0 aliphatic heterocycles. The maximum atomic E-state index is 12.7. The molecule has 1 heterocycles. The first-order chi connectivity index (χ1) is 16.7. The minimum absolute atomic E-state index is 0.00633. The largest absolute Gasteiger partial charge is 0.477 e. The third-order valence-corrected chi connectivity index (χ3v) is 6.78. The van der Waals surface area contributed by atoms with E-state index in [2.05, 4.69) is 10.3 Å². The number of carboxylic acid groups (broad SMARTS) is 1. The van der Waals surface area contributed by atoms with Crippen LogP contribution >= 0.6 is 0 Å². The first-order valence-electron chi connectivity index (χ1n) is 11.8. The number of carboxylic acids is 1. The van der Waals surface area contributed by atoms with Crippen molar-refractivity contribution in [2.24, 2.45) is 0 Å². The van der Waals surface area contributed by atoms with Crippen LogP contribution in [0, 0.1) is 0 Å². The summed E-state index contributed by atoms with van der Waals surface area (Å²) in [5.41, 5.74) is 1.07. The van der Waals surface area contributed by atoms with Crippen LogP contribution in [-0.4, -0.2) is 42.8 Å². The summed E-state index contributed by atoms with van der Waals surface area (Å²) in [5.74, 6) is -2.09.